The minimum atomic E-state index is 0.132. The Kier molecular flexibility index (Phi) is 6.83. The molecular formula is C25H30N4O3. The Hall–Kier alpha value is -3.22. The number of aromatic nitrogens is 3. The van der Waals surface area contributed by atoms with E-state index in [1.54, 1.807) is 14.0 Å². The Morgan fingerprint density at radius 3 is 2.84 bits per heavy atom. The van der Waals surface area contributed by atoms with Gasteiger partial charge in [0.2, 0.25) is 11.8 Å². The molecule has 1 aliphatic heterocycles. The molecule has 0 N–H and O–H groups in total. The van der Waals surface area contributed by atoms with E-state index in [0.29, 0.717) is 31.1 Å². The number of pyridine rings is 1. The molecule has 0 bridgehead atoms. The number of likely N-dealkylation sites (tertiary alicyclic amines) is 1. The van der Waals surface area contributed by atoms with Crippen LogP contribution in [0.15, 0.2) is 40.9 Å². The van der Waals surface area contributed by atoms with Gasteiger partial charge in [0.25, 0.3) is 0 Å². The lowest BCUT2D eigenvalue weighted by Gasteiger charge is -2.33. The summed E-state index contributed by atoms with van der Waals surface area (Å²) in [5.74, 6) is 2.39. The zero-order valence-corrected chi connectivity index (χ0v) is 19.0. The molecule has 1 fully saturated rings. The highest BCUT2D eigenvalue weighted by molar-refractivity contribution is 5.76. The molecule has 32 heavy (non-hydrogen) atoms. The fraction of sp³-hybridized carbons (Fsp3) is 0.440. The van der Waals surface area contributed by atoms with Crippen molar-refractivity contribution in [2.24, 2.45) is 0 Å². The van der Waals surface area contributed by atoms with Gasteiger partial charge in [-0.3, -0.25) is 9.78 Å². The third-order valence-corrected chi connectivity index (χ3v) is 5.93. The Morgan fingerprint density at radius 2 is 2.06 bits per heavy atom. The highest BCUT2D eigenvalue weighted by Crippen LogP contribution is 2.28. The van der Waals surface area contributed by atoms with Crippen LogP contribution in [0.3, 0.4) is 0 Å². The van der Waals surface area contributed by atoms with Gasteiger partial charge >= 0.3 is 0 Å². The van der Waals surface area contributed by atoms with Gasteiger partial charge in [0.05, 0.1) is 7.11 Å². The van der Waals surface area contributed by atoms with Crippen LogP contribution in [0, 0.1) is 13.8 Å². The average molecular weight is 435 g/mol. The molecule has 3 heterocycles. The molecule has 1 saturated heterocycles. The molecule has 7 heteroatoms. The molecule has 1 aliphatic rings. The molecule has 0 radical (unpaired) electrons. The molecule has 4 rings (SSSR count). The van der Waals surface area contributed by atoms with E-state index in [4.69, 9.17) is 14.2 Å². The number of benzene rings is 1. The molecule has 168 valence electrons. The summed E-state index contributed by atoms with van der Waals surface area (Å²) >= 11 is 0. The first-order chi connectivity index (χ1) is 15.5. The van der Waals surface area contributed by atoms with Gasteiger partial charge in [-0.25, -0.2) is 0 Å². The number of methoxy groups -OCH3 is 1. The minimum Gasteiger partial charge on any atom is -0.496 e. The van der Waals surface area contributed by atoms with E-state index < -0.39 is 0 Å². The summed E-state index contributed by atoms with van der Waals surface area (Å²) in [7, 11) is 1.70. The van der Waals surface area contributed by atoms with Crippen LogP contribution in [0.25, 0.3) is 0 Å². The van der Waals surface area contributed by atoms with E-state index in [1.165, 1.54) is 5.56 Å². The predicted molar refractivity (Wildman–Crippen MR) is 121 cm³/mol. The normalized spacial score (nSPS) is 16.2. The summed E-state index contributed by atoms with van der Waals surface area (Å²) in [5.41, 5.74) is 4.44. The van der Waals surface area contributed by atoms with Crippen LogP contribution in [-0.4, -0.2) is 46.1 Å². The van der Waals surface area contributed by atoms with Gasteiger partial charge in [0, 0.05) is 49.7 Å². The number of carbonyl (C=O) groups is 1. The maximum atomic E-state index is 12.8. The van der Waals surface area contributed by atoms with Crippen LogP contribution >= 0.6 is 0 Å². The van der Waals surface area contributed by atoms with Gasteiger partial charge in [-0.05, 0) is 56.0 Å². The molecule has 1 aromatic carbocycles. The van der Waals surface area contributed by atoms with E-state index in [0.717, 1.165) is 48.5 Å². The van der Waals surface area contributed by atoms with Gasteiger partial charge in [-0.15, -0.1) is 0 Å². The molecule has 2 aromatic heterocycles. The smallest absolute Gasteiger partial charge is 0.227 e. The summed E-state index contributed by atoms with van der Waals surface area (Å²) < 4.78 is 10.6. The highest BCUT2D eigenvalue weighted by atomic mass is 16.5. The highest BCUT2D eigenvalue weighted by Gasteiger charge is 2.26. The van der Waals surface area contributed by atoms with Gasteiger partial charge in [-0.1, -0.05) is 23.4 Å². The first kappa shape index (κ1) is 22.0. The molecule has 3 aromatic rings. The topological polar surface area (TPSA) is 81.4 Å². The van der Waals surface area contributed by atoms with Gasteiger partial charge < -0.3 is 14.2 Å². The zero-order chi connectivity index (χ0) is 22.5. The summed E-state index contributed by atoms with van der Waals surface area (Å²) in [6.45, 7) is 5.30. The molecular weight excluding hydrogens is 404 g/mol. The van der Waals surface area contributed by atoms with E-state index in [2.05, 4.69) is 28.3 Å². The Labute approximate surface area is 188 Å². The number of hydrogen-bond donors (Lipinski definition) is 0. The third kappa shape index (κ3) is 5.33. The van der Waals surface area contributed by atoms with Crippen molar-refractivity contribution in [2.75, 3.05) is 20.2 Å². The quantitative estimate of drug-likeness (QED) is 0.559. The first-order valence-corrected chi connectivity index (χ1v) is 11.2. The number of piperidine rings is 1. The number of carbonyl (C=O) groups excluding carboxylic acids is 1. The summed E-state index contributed by atoms with van der Waals surface area (Å²) in [4.78, 5) is 23.8. The summed E-state index contributed by atoms with van der Waals surface area (Å²) in [6.07, 6.45) is 3.67. The van der Waals surface area contributed by atoms with Crippen LogP contribution < -0.4 is 4.74 Å². The predicted octanol–water partition coefficient (Wildman–Crippen LogP) is 4.02. The molecule has 1 atom stereocenters. The summed E-state index contributed by atoms with van der Waals surface area (Å²) in [5, 5.41) is 3.79. The van der Waals surface area contributed by atoms with Crippen LogP contribution in [0.1, 0.15) is 59.4 Å². The van der Waals surface area contributed by atoms with E-state index in [-0.39, 0.29) is 11.8 Å². The summed E-state index contributed by atoms with van der Waals surface area (Å²) in [6, 6.07) is 12.4. The van der Waals surface area contributed by atoms with Crippen molar-refractivity contribution < 1.29 is 14.1 Å². The number of hydrogen-bond acceptors (Lipinski definition) is 6. The maximum absolute atomic E-state index is 12.8. The van der Waals surface area contributed by atoms with Gasteiger partial charge in [-0.2, -0.15) is 4.98 Å². The number of nitrogens with zero attached hydrogens (tertiary/aromatic N) is 4. The number of ether oxygens (including phenoxy) is 1. The lowest BCUT2D eigenvalue weighted by atomic mass is 9.92. The average Bonchev–Trinajstić information content (AvgIpc) is 3.22. The monoisotopic (exact) mass is 434 g/mol. The van der Waals surface area contributed by atoms with Crippen molar-refractivity contribution in [3.8, 4) is 5.75 Å². The Bertz CT molecular complexity index is 1080. The SMILES string of the molecule is COc1ccccc1Cc1cc(C)nc([C@H]2CCCN(C(=O)CCc3nc(C)no3)C2)c1. The lowest BCUT2D eigenvalue weighted by molar-refractivity contribution is -0.132. The lowest BCUT2D eigenvalue weighted by Crippen LogP contribution is -2.39. The third-order valence-electron chi connectivity index (χ3n) is 5.93. The second kappa shape index (κ2) is 9.94. The van der Waals surface area contributed by atoms with E-state index in [1.807, 2.05) is 30.0 Å². The number of aryl methyl sites for hydroxylation is 3. The minimum absolute atomic E-state index is 0.132. The molecule has 0 saturated carbocycles. The van der Waals surface area contributed by atoms with Crippen LogP contribution in [0.2, 0.25) is 0 Å². The second-order valence-electron chi connectivity index (χ2n) is 8.44. The van der Waals surface area contributed by atoms with Crippen molar-refractivity contribution in [3.63, 3.8) is 0 Å². The molecule has 1 amide bonds. The standard InChI is InChI=1S/C25H30N4O3/c1-17-13-19(14-20-7-4-5-9-23(20)31-3)15-22(26-17)21-8-6-12-29(16-21)25(30)11-10-24-27-18(2)28-32-24/h4-5,7,9,13,15,21H,6,8,10-12,14,16H2,1-3H3/t21-/m0/s1. The molecule has 0 spiro atoms. The molecule has 0 aliphatic carbocycles. The van der Waals surface area contributed by atoms with Crippen molar-refractivity contribution in [3.05, 3.63) is 70.6 Å². The van der Waals surface area contributed by atoms with Gasteiger partial charge in [0.15, 0.2) is 5.82 Å². The van der Waals surface area contributed by atoms with E-state index in [9.17, 15) is 4.79 Å². The van der Waals surface area contributed by atoms with Crippen molar-refractivity contribution in [2.45, 2.75) is 51.9 Å². The molecule has 0 unspecified atom stereocenters. The van der Waals surface area contributed by atoms with E-state index >= 15 is 0 Å². The fourth-order valence-corrected chi connectivity index (χ4v) is 4.41. The van der Waals surface area contributed by atoms with Crippen LogP contribution in [0.4, 0.5) is 0 Å². The Balaban J connectivity index is 1.44. The molecule has 7 nitrogen and oxygen atoms in total. The van der Waals surface area contributed by atoms with Gasteiger partial charge in [0.1, 0.15) is 5.75 Å². The Morgan fingerprint density at radius 1 is 1.22 bits per heavy atom. The van der Waals surface area contributed by atoms with Crippen LogP contribution in [-0.2, 0) is 17.6 Å². The van der Waals surface area contributed by atoms with Crippen LogP contribution in [0.5, 0.6) is 5.75 Å². The largest absolute Gasteiger partial charge is 0.496 e. The maximum Gasteiger partial charge on any atom is 0.227 e. The van der Waals surface area contributed by atoms with Crippen molar-refractivity contribution >= 4 is 5.91 Å². The van der Waals surface area contributed by atoms with Crippen molar-refractivity contribution in [1.29, 1.82) is 0 Å². The number of rotatable bonds is 7. The zero-order valence-electron chi connectivity index (χ0n) is 19.0. The first-order valence-electron chi connectivity index (χ1n) is 11.2. The fourth-order valence-electron chi connectivity index (χ4n) is 4.41. The number of amides is 1. The number of para-hydroxylation sites is 1. The van der Waals surface area contributed by atoms with Crippen molar-refractivity contribution in [1.82, 2.24) is 20.0 Å². The second-order valence-corrected chi connectivity index (χ2v) is 8.44.